The number of aryl methyl sites for hydroxylation is 2. The van der Waals surface area contributed by atoms with Crippen molar-refractivity contribution < 1.29 is 14.4 Å². The molecular weight excluding hydrogens is 428 g/mol. The van der Waals surface area contributed by atoms with Gasteiger partial charge in [0.25, 0.3) is 0 Å². The van der Waals surface area contributed by atoms with Crippen LogP contribution in [0.15, 0.2) is 36.5 Å². The van der Waals surface area contributed by atoms with Crippen LogP contribution in [0.2, 0.25) is 0 Å². The van der Waals surface area contributed by atoms with E-state index in [1.807, 2.05) is 25.3 Å². The highest BCUT2D eigenvalue weighted by Crippen LogP contribution is 2.38. The first kappa shape index (κ1) is 22.8. The van der Waals surface area contributed by atoms with Crippen LogP contribution in [-0.2, 0) is 33.8 Å². The van der Waals surface area contributed by atoms with Crippen LogP contribution in [0.3, 0.4) is 0 Å². The van der Waals surface area contributed by atoms with Gasteiger partial charge in [0.15, 0.2) is 0 Å². The molecule has 7 heteroatoms. The molecule has 5 atom stereocenters. The third-order valence-corrected chi connectivity index (χ3v) is 7.94. The molecule has 5 unspecified atom stereocenters. The van der Waals surface area contributed by atoms with Gasteiger partial charge >= 0.3 is 0 Å². The van der Waals surface area contributed by atoms with Crippen molar-refractivity contribution in [1.82, 2.24) is 20.5 Å². The minimum Gasteiger partial charge on any atom is -0.351 e. The molecule has 180 valence electrons. The second kappa shape index (κ2) is 9.37. The van der Waals surface area contributed by atoms with Crippen LogP contribution in [0.5, 0.6) is 0 Å². The van der Waals surface area contributed by atoms with Crippen LogP contribution in [0, 0.1) is 5.92 Å². The number of rotatable bonds is 5. The zero-order chi connectivity index (χ0) is 23.8. The van der Waals surface area contributed by atoms with Gasteiger partial charge in [0.1, 0.15) is 5.78 Å². The highest BCUT2D eigenvalue weighted by atomic mass is 16.2. The maximum atomic E-state index is 13.6. The van der Waals surface area contributed by atoms with E-state index in [2.05, 4.69) is 38.7 Å². The van der Waals surface area contributed by atoms with Gasteiger partial charge in [-0.25, -0.2) is 0 Å². The third kappa shape index (κ3) is 4.17. The van der Waals surface area contributed by atoms with Crippen molar-refractivity contribution in [3.05, 3.63) is 58.9 Å². The highest BCUT2D eigenvalue weighted by molar-refractivity contribution is 5.93. The smallest absolute Gasteiger partial charge is 0.237 e. The molecule has 2 heterocycles. The summed E-state index contributed by atoms with van der Waals surface area (Å²) in [6.07, 6.45) is 6.76. The molecule has 0 saturated heterocycles. The largest absolute Gasteiger partial charge is 0.351 e. The SMILES string of the molecule is CNC(C)C(=O)NC1CCc2ccn3c2C1C(=O)CC(C(=O)NC1CCCc2ccccc21)C3. The fraction of sp³-hybridized carbons (Fsp3) is 0.519. The summed E-state index contributed by atoms with van der Waals surface area (Å²) in [6, 6.07) is 9.81. The zero-order valence-electron chi connectivity index (χ0n) is 20.0. The average Bonchev–Trinajstić information content (AvgIpc) is 3.18. The predicted octanol–water partition coefficient (Wildman–Crippen LogP) is 2.39. The topological polar surface area (TPSA) is 92.2 Å². The number of fused-ring (bicyclic) bond motifs is 1. The molecule has 0 radical (unpaired) electrons. The lowest BCUT2D eigenvalue weighted by Crippen LogP contribution is -2.50. The van der Waals surface area contributed by atoms with Gasteiger partial charge in [0.2, 0.25) is 11.8 Å². The van der Waals surface area contributed by atoms with Crippen LogP contribution < -0.4 is 16.0 Å². The number of amides is 2. The molecule has 0 fully saturated rings. The number of aromatic nitrogens is 1. The molecular formula is C27H34N4O3. The van der Waals surface area contributed by atoms with Gasteiger partial charge in [-0.05, 0) is 68.8 Å². The maximum Gasteiger partial charge on any atom is 0.237 e. The highest BCUT2D eigenvalue weighted by Gasteiger charge is 2.42. The molecule has 3 N–H and O–H groups in total. The van der Waals surface area contributed by atoms with E-state index in [4.69, 9.17) is 0 Å². The number of nitrogens with zero attached hydrogens (tertiary/aromatic N) is 1. The molecule has 0 bridgehead atoms. The molecule has 7 nitrogen and oxygen atoms in total. The number of hydrogen-bond donors (Lipinski definition) is 3. The van der Waals surface area contributed by atoms with Gasteiger partial charge in [0.05, 0.1) is 23.9 Å². The lowest BCUT2D eigenvalue weighted by molar-refractivity contribution is -0.131. The Labute approximate surface area is 200 Å². The van der Waals surface area contributed by atoms with Crippen LogP contribution in [0.25, 0.3) is 0 Å². The summed E-state index contributed by atoms with van der Waals surface area (Å²) < 4.78 is 2.09. The number of carbonyl (C=O) groups excluding carboxylic acids is 3. The Kier molecular flexibility index (Phi) is 6.30. The van der Waals surface area contributed by atoms with E-state index in [1.165, 1.54) is 11.1 Å². The molecule has 3 aliphatic rings. The fourth-order valence-corrected chi connectivity index (χ4v) is 5.96. The molecule has 1 aromatic heterocycles. The summed E-state index contributed by atoms with van der Waals surface area (Å²) in [5.41, 5.74) is 4.64. The van der Waals surface area contributed by atoms with Gasteiger partial charge < -0.3 is 20.5 Å². The van der Waals surface area contributed by atoms with Gasteiger partial charge in [-0.15, -0.1) is 0 Å². The first-order valence-corrected chi connectivity index (χ1v) is 12.5. The van der Waals surface area contributed by atoms with E-state index < -0.39 is 11.8 Å². The van der Waals surface area contributed by atoms with E-state index in [0.29, 0.717) is 6.54 Å². The monoisotopic (exact) mass is 462 g/mol. The second-order valence-corrected chi connectivity index (χ2v) is 10.0. The number of ketones is 1. The van der Waals surface area contributed by atoms with Crippen molar-refractivity contribution >= 4 is 17.6 Å². The van der Waals surface area contributed by atoms with Crippen molar-refractivity contribution in [2.24, 2.45) is 5.92 Å². The van der Waals surface area contributed by atoms with E-state index >= 15 is 0 Å². The molecule has 2 aromatic rings. The maximum absolute atomic E-state index is 13.6. The van der Waals surface area contributed by atoms with Crippen molar-refractivity contribution in [2.75, 3.05) is 7.05 Å². The minimum absolute atomic E-state index is 0.00273. The molecule has 2 amide bonds. The lowest BCUT2D eigenvalue weighted by atomic mass is 9.79. The number of Topliss-reactive ketones (excluding diaryl/α,β-unsaturated/α-hetero) is 1. The summed E-state index contributed by atoms with van der Waals surface area (Å²) >= 11 is 0. The molecule has 5 rings (SSSR count). The quantitative estimate of drug-likeness (QED) is 0.636. The van der Waals surface area contributed by atoms with Crippen LogP contribution >= 0.6 is 0 Å². The zero-order valence-corrected chi connectivity index (χ0v) is 20.0. The van der Waals surface area contributed by atoms with Crippen molar-refractivity contribution in [3.8, 4) is 0 Å². The Morgan fingerprint density at radius 1 is 1.06 bits per heavy atom. The van der Waals surface area contributed by atoms with E-state index in [1.54, 1.807) is 7.05 Å². The summed E-state index contributed by atoms with van der Waals surface area (Å²) in [5.74, 6) is -0.932. The summed E-state index contributed by atoms with van der Waals surface area (Å²) in [4.78, 5) is 39.6. The van der Waals surface area contributed by atoms with Gasteiger partial charge in [0, 0.05) is 30.9 Å². The minimum atomic E-state index is -0.420. The molecule has 2 aliphatic carbocycles. The summed E-state index contributed by atoms with van der Waals surface area (Å²) in [7, 11) is 1.75. The molecule has 1 aliphatic heterocycles. The standard InChI is InChI=1S/C27H34N4O3/c1-16(28-2)26(33)30-22-11-10-18-12-13-31-15-19(14-23(32)24(22)25(18)31)27(34)29-21-9-5-7-17-6-3-4-8-20(17)21/h3-4,6,8,12-13,16,19,21-22,24,28H,5,7,9-11,14-15H2,1-2H3,(H,29,34)(H,30,33). The van der Waals surface area contributed by atoms with Gasteiger partial charge in [-0.2, -0.15) is 0 Å². The van der Waals surface area contributed by atoms with Gasteiger partial charge in [-0.3, -0.25) is 14.4 Å². The van der Waals surface area contributed by atoms with Crippen molar-refractivity contribution in [1.29, 1.82) is 0 Å². The number of hydrogen-bond acceptors (Lipinski definition) is 4. The molecule has 0 spiro atoms. The summed E-state index contributed by atoms with van der Waals surface area (Å²) in [5, 5.41) is 9.33. The van der Waals surface area contributed by atoms with E-state index in [0.717, 1.165) is 43.4 Å². The first-order valence-electron chi connectivity index (χ1n) is 12.5. The van der Waals surface area contributed by atoms with Crippen LogP contribution in [0.4, 0.5) is 0 Å². The number of benzene rings is 1. The average molecular weight is 463 g/mol. The van der Waals surface area contributed by atoms with Crippen molar-refractivity contribution in [3.63, 3.8) is 0 Å². The Morgan fingerprint density at radius 2 is 1.88 bits per heavy atom. The van der Waals surface area contributed by atoms with Gasteiger partial charge in [-0.1, -0.05) is 24.3 Å². The molecule has 0 saturated carbocycles. The van der Waals surface area contributed by atoms with Crippen LogP contribution in [-0.4, -0.2) is 41.3 Å². The number of likely N-dealkylation sites (N-methyl/N-ethyl adjacent to an activating group) is 1. The van der Waals surface area contributed by atoms with Crippen molar-refractivity contribution in [2.45, 2.75) is 76.0 Å². The first-order chi connectivity index (χ1) is 16.5. The predicted molar refractivity (Wildman–Crippen MR) is 129 cm³/mol. The molecule has 34 heavy (non-hydrogen) atoms. The lowest BCUT2D eigenvalue weighted by Gasteiger charge is -2.32. The van der Waals surface area contributed by atoms with Crippen LogP contribution in [0.1, 0.15) is 67.0 Å². The Bertz CT molecular complexity index is 1110. The third-order valence-electron chi connectivity index (χ3n) is 7.94. The Balaban J connectivity index is 1.36. The fourth-order valence-electron chi connectivity index (χ4n) is 5.96. The second-order valence-electron chi connectivity index (χ2n) is 10.0. The Hall–Kier alpha value is -2.93. The molecule has 1 aromatic carbocycles. The van der Waals surface area contributed by atoms with E-state index in [-0.39, 0.29) is 42.1 Å². The number of nitrogens with one attached hydrogen (secondary N) is 3. The van der Waals surface area contributed by atoms with E-state index in [9.17, 15) is 14.4 Å². The normalized spacial score (nSPS) is 26.6. The summed E-state index contributed by atoms with van der Waals surface area (Å²) in [6.45, 7) is 2.30. The Morgan fingerprint density at radius 3 is 2.71 bits per heavy atom. The number of carbonyl (C=O) groups is 3.